The highest BCUT2D eigenvalue weighted by Crippen LogP contribution is 2.10. The Bertz CT molecular complexity index is 796. The number of guanidine groups is 2. The second-order valence-corrected chi connectivity index (χ2v) is 8.51. The Morgan fingerprint density at radius 1 is 0.806 bits per heavy atom. The smallest absolute Gasteiger partial charge is 0.326 e. The van der Waals surface area contributed by atoms with Gasteiger partial charge in [-0.15, -0.1) is 0 Å². The molecule has 3 amide bonds. The highest BCUT2D eigenvalue weighted by molar-refractivity contribution is 5.94. The molecule has 14 N–H and O–H groups in total. The van der Waals surface area contributed by atoms with E-state index in [1.807, 2.05) is 6.92 Å². The number of nitrogens with zero attached hydrogens (tertiary/aromatic N) is 2. The molecule has 0 aliphatic rings. The zero-order valence-electron chi connectivity index (χ0n) is 21.2. The second kappa shape index (κ2) is 16.9. The quantitative estimate of drug-likeness (QED) is 0.0539. The van der Waals surface area contributed by atoms with Crippen LogP contribution in [-0.2, 0) is 19.2 Å². The van der Waals surface area contributed by atoms with Gasteiger partial charge in [-0.25, -0.2) is 4.79 Å². The monoisotopic (exact) mass is 514 g/mol. The van der Waals surface area contributed by atoms with Gasteiger partial charge in [-0.05, 0) is 38.5 Å². The van der Waals surface area contributed by atoms with Crippen molar-refractivity contribution in [3.05, 3.63) is 0 Å². The standard InChI is InChI=1S/C21H42N10O5/c1-4-11(2)15(31-17(33)13(22)7-5-9-27-20(23)24)18(34)29-12(3)16(32)30-14(19(35)36)8-6-10-28-21(25)26/h11-15H,4-10,22H2,1-3H3,(H,29,34)(H,30,32)(H,31,33)(H,35,36)(H4,23,24,27)(H4,25,26,28). The van der Waals surface area contributed by atoms with Crippen LogP contribution in [0.5, 0.6) is 0 Å². The largest absolute Gasteiger partial charge is 0.480 e. The van der Waals surface area contributed by atoms with Crippen molar-refractivity contribution in [2.24, 2.45) is 44.6 Å². The summed E-state index contributed by atoms with van der Waals surface area (Å²) in [6, 6.07) is -4.08. The lowest BCUT2D eigenvalue weighted by Crippen LogP contribution is -2.58. The maximum atomic E-state index is 12.9. The summed E-state index contributed by atoms with van der Waals surface area (Å²) in [5.74, 6) is -3.47. The number of carboxylic acid groups (broad SMARTS) is 1. The molecule has 0 saturated carbocycles. The van der Waals surface area contributed by atoms with Crippen molar-refractivity contribution in [2.75, 3.05) is 13.1 Å². The molecule has 0 rings (SSSR count). The van der Waals surface area contributed by atoms with Crippen molar-refractivity contribution in [1.82, 2.24) is 16.0 Å². The van der Waals surface area contributed by atoms with E-state index in [0.717, 1.165) is 0 Å². The summed E-state index contributed by atoms with van der Waals surface area (Å²) < 4.78 is 0. The predicted molar refractivity (Wildman–Crippen MR) is 136 cm³/mol. The zero-order chi connectivity index (χ0) is 27.8. The van der Waals surface area contributed by atoms with Gasteiger partial charge in [0.05, 0.1) is 6.04 Å². The molecular weight excluding hydrogens is 472 g/mol. The van der Waals surface area contributed by atoms with E-state index in [-0.39, 0.29) is 30.8 Å². The lowest BCUT2D eigenvalue weighted by Gasteiger charge is -2.27. The molecule has 0 radical (unpaired) electrons. The number of aliphatic imine (C=N–C) groups is 2. The maximum absolute atomic E-state index is 12.9. The second-order valence-electron chi connectivity index (χ2n) is 8.51. The molecular formula is C21H42N10O5. The molecule has 0 aromatic heterocycles. The summed E-state index contributed by atoms with van der Waals surface area (Å²) in [4.78, 5) is 57.1. The van der Waals surface area contributed by atoms with Gasteiger partial charge in [0, 0.05) is 13.1 Å². The van der Waals surface area contributed by atoms with E-state index in [0.29, 0.717) is 32.2 Å². The van der Waals surface area contributed by atoms with Crippen LogP contribution in [0.1, 0.15) is 52.9 Å². The fraction of sp³-hybridized carbons (Fsp3) is 0.714. The van der Waals surface area contributed by atoms with E-state index in [1.54, 1.807) is 6.92 Å². The third-order valence-electron chi connectivity index (χ3n) is 5.41. The first kappa shape index (κ1) is 32.4. The molecule has 0 aliphatic carbocycles. The Morgan fingerprint density at radius 3 is 1.81 bits per heavy atom. The molecule has 0 heterocycles. The van der Waals surface area contributed by atoms with Crippen LogP contribution in [0.2, 0.25) is 0 Å². The highest BCUT2D eigenvalue weighted by atomic mass is 16.4. The average molecular weight is 515 g/mol. The predicted octanol–water partition coefficient (Wildman–Crippen LogP) is -2.97. The van der Waals surface area contributed by atoms with Crippen molar-refractivity contribution in [3.63, 3.8) is 0 Å². The van der Waals surface area contributed by atoms with Gasteiger partial charge in [0.2, 0.25) is 17.7 Å². The molecule has 0 spiro atoms. The lowest BCUT2D eigenvalue weighted by atomic mass is 9.97. The molecule has 15 nitrogen and oxygen atoms in total. The number of nitrogens with two attached hydrogens (primary N) is 5. The molecule has 206 valence electrons. The van der Waals surface area contributed by atoms with Crippen molar-refractivity contribution < 1.29 is 24.3 Å². The Morgan fingerprint density at radius 2 is 1.33 bits per heavy atom. The van der Waals surface area contributed by atoms with Gasteiger partial charge < -0.3 is 49.7 Å². The van der Waals surface area contributed by atoms with E-state index in [1.165, 1.54) is 6.92 Å². The Kier molecular flexibility index (Phi) is 15.2. The molecule has 0 bridgehead atoms. The van der Waals surface area contributed by atoms with Gasteiger partial charge in [0.25, 0.3) is 0 Å². The van der Waals surface area contributed by atoms with E-state index < -0.39 is 47.9 Å². The van der Waals surface area contributed by atoms with Crippen LogP contribution >= 0.6 is 0 Å². The van der Waals surface area contributed by atoms with Crippen LogP contribution in [0.3, 0.4) is 0 Å². The first-order valence-electron chi connectivity index (χ1n) is 11.8. The molecule has 0 fully saturated rings. The van der Waals surface area contributed by atoms with Crippen molar-refractivity contribution in [3.8, 4) is 0 Å². The van der Waals surface area contributed by atoms with Crippen molar-refractivity contribution >= 4 is 35.6 Å². The van der Waals surface area contributed by atoms with E-state index in [4.69, 9.17) is 28.7 Å². The Balaban J connectivity index is 5.02. The third kappa shape index (κ3) is 13.3. The highest BCUT2D eigenvalue weighted by Gasteiger charge is 2.30. The van der Waals surface area contributed by atoms with Crippen LogP contribution in [0, 0.1) is 5.92 Å². The first-order chi connectivity index (χ1) is 16.8. The van der Waals surface area contributed by atoms with Crippen molar-refractivity contribution in [1.29, 1.82) is 0 Å². The fourth-order valence-electron chi connectivity index (χ4n) is 3.04. The summed E-state index contributed by atoms with van der Waals surface area (Å²) in [6.45, 7) is 5.56. The number of amides is 3. The van der Waals surface area contributed by atoms with Gasteiger partial charge in [-0.2, -0.15) is 0 Å². The summed E-state index contributed by atoms with van der Waals surface area (Å²) in [6.07, 6.45) is 1.75. The van der Waals surface area contributed by atoms with Gasteiger partial charge in [-0.3, -0.25) is 24.4 Å². The van der Waals surface area contributed by atoms with Crippen molar-refractivity contribution in [2.45, 2.75) is 77.0 Å². The molecule has 15 heteroatoms. The number of aliphatic carboxylic acids is 1. The fourth-order valence-corrected chi connectivity index (χ4v) is 3.04. The van der Waals surface area contributed by atoms with Gasteiger partial charge in [-0.1, -0.05) is 20.3 Å². The molecule has 36 heavy (non-hydrogen) atoms. The first-order valence-corrected chi connectivity index (χ1v) is 11.8. The topological polar surface area (TPSA) is 279 Å². The maximum Gasteiger partial charge on any atom is 0.326 e. The molecule has 0 aromatic rings. The summed E-state index contributed by atoms with van der Waals surface area (Å²) in [5.41, 5.74) is 26.9. The Labute approximate surface area is 211 Å². The third-order valence-corrected chi connectivity index (χ3v) is 5.41. The zero-order valence-corrected chi connectivity index (χ0v) is 21.2. The van der Waals surface area contributed by atoms with Gasteiger partial charge in [0.15, 0.2) is 11.9 Å². The van der Waals surface area contributed by atoms with Crippen LogP contribution < -0.4 is 44.6 Å². The number of carbonyl (C=O) groups is 4. The van der Waals surface area contributed by atoms with Gasteiger partial charge >= 0.3 is 5.97 Å². The number of carbonyl (C=O) groups excluding carboxylic acids is 3. The van der Waals surface area contributed by atoms with E-state index in [2.05, 4.69) is 25.9 Å². The van der Waals surface area contributed by atoms with Crippen LogP contribution in [0.15, 0.2) is 9.98 Å². The molecule has 0 saturated heterocycles. The Hall–Kier alpha value is -3.62. The van der Waals surface area contributed by atoms with Crippen LogP contribution in [0.4, 0.5) is 0 Å². The molecule has 5 atom stereocenters. The molecule has 0 aromatic carbocycles. The number of carboxylic acids is 1. The minimum atomic E-state index is -1.23. The number of hydrogen-bond acceptors (Lipinski definition) is 7. The van der Waals surface area contributed by atoms with Crippen LogP contribution in [-0.4, -0.2) is 78.0 Å². The van der Waals surface area contributed by atoms with E-state index in [9.17, 15) is 24.3 Å². The minimum Gasteiger partial charge on any atom is -0.480 e. The minimum absolute atomic E-state index is 0.0553. The normalized spacial score (nSPS) is 14.8. The van der Waals surface area contributed by atoms with Gasteiger partial charge in [0.1, 0.15) is 18.1 Å². The summed E-state index contributed by atoms with van der Waals surface area (Å²) >= 11 is 0. The summed E-state index contributed by atoms with van der Waals surface area (Å²) in [7, 11) is 0. The number of rotatable bonds is 17. The molecule has 5 unspecified atom stereocenters. The molecule has 0 aliphatic heterocycles. The average Bonchev–Trinajstić information content (AvgIpc) is 2.80. The summed E-state index contributed by atoms with van der Waals surface area (Å²) in [5, 5.41) is 16.9. The lowest BCUT2D eigenvalue weighted by molar-refractivity contribution is -0.142. The van der Waals surface area contributed by atoms with Crippen LogP contribution in [0.25, 0.3) is 0 Å². The van der Waals surface area contributed by atoms with E-state index >= 15 is 0 Å². The number of nitrogens with one attached hydrogen (secondary N) is 3. The number of hydrogen-bond donors (Lipinski definition) is 9. The SMILES string of the molecule is CCC(C)C(NC(=O)C(N)CCCN=C(N)N)C(=O)NC(C)C(=O)NC(CCCN=C(N)N)C(=O)O.